The molecule has 0 fully saturated rings. The monoisotopic (exact) mass is 706 g/mol. The van der Waals surface area contributed by atoms with Gasteiger partial charge in [-0.1, -0.05) is 167 Å². The molecule has 0 rings (SSSR count). The van der Waals surface area contributed by atoms with Crippen molar-refractivity contribution in [3.05, 3.63) is 12.2 Å². The van der Waals surface area contributed by atoms with Gasteiger partial charge in [0.15, 0.2) is 0 Å². The molecule has 0 aromatic rings. The largest absolute Gasteiger partial charge is 1.00 e. The van der Waals surface area contributed by atoms with Crippen molar-refractivity contribution in [2.45, 2.75) is 206 Å². The Morgan fingerprint density at radius 1 is 0.381 bits per heavy atom. The van der Waals surface area contributed by atoms with Crippen LogP contribution in [0.3, 0.4) is 0 Å². The molecule has 0 saturated heterocycles. The zero-order chi connectivity index (χ0) is 30.0. The second kappa shape index (κ2) is 37.6. The highest BCUT2D eigenvalue weighted by atomic mass is 127. The lowest BCUT2D eigenvalue weighted by Gasteiger charge is -2.34. The topological polar surface area (TPSA) is 20.2 Å². The molecule has 254 valence electrons. The van der Waals surface area contributed by atoms with Crippen LogP contribution in [0, 0.1) is 0 Å². The highest BCUT2D eigenvalue weighted by molar-refractivity contribution is 4.81. The number of likely N-dealkylation sites (N-methyl/N-ethyl adjacent to an activating group) is 1. The molecule has 0 aromatic heterocycles. The Morgan fingerprint density at radius 2 is 0.643 bits per heavy atom. The molecular weight excluding hydrogens is 625 g/mol. The van der Waals surface area contributed by atoms with E-state index in [9.17, 15) is 5.11 Å². The van der Waals surface area contributed by atoms with Crippen LogP contribution in [0.5, 0.6) is 0 Å². The first-order valence-corrected chi connectivity index (χ1v) is 19.3. The van der Waals surface area contributed by atoms with Gasteiger partial charge in [0.1, 0.15) is 6.54 Å². The third kappa shape index (κ3) is 34.9. The smallest absolute Gasteiger partial charge is 0.102 e. The Bertz CT molecular complexity index is 511. The van der Waals surface area contributed by atoms with Crippen LogP contribution < -0.4 is 24.0 Å². The van der Waals surface area contributed by atoms with Crippen molar-refractivity contribution in [3.63, 3.8) is 0 Å². The summed E-state index contributed by atoms with van der Waals surface area (Å²) in [5.74, 6) is 0. The number of rotatable bonds is 35. The van der Waals surface area contributed by atoms with Gasteiger partial charge in [0.05, 0.1) is 26.7 Å². The van der Waals surface area contributed by atoms with Gasteiger partial charge < -0.3 is 33.6 Å². The summed E-state index contributed by atoms with van der Waals surface area (Å²) in [4.78, 5) is 0. The highest BCUT2D eigenvalue weighted by Gasteiger charge is 2.19. The minimum Gasteiger partial charge on any atom is -1.00 e. The van der Waals surface area contributed by atoms with E-state index in [0.29, 0.717) is 6.61 Å². The van der Waals surface area contributed by atoms with Gasteiger partial charge in [-0.15, -0.1) is 0 Å². The Hall–Kier alpha value is 0.390. The molecule has 0 aromatic carbocycles. The van der Waals surface area contributed by atoms with E-state index in [1.165, 1.54) is 206 Å². The van der Waals surface area contributed by atoms with E-state index in [-0.39, 0.29) is 24.0 Å². The van der Waals surface area contributed by atoms with Gasteiger partial charge in [-0.2, -0.15) is 0 Å². The zero-order valence-corrected chi connectivity index (χ0v) is 31.6. The first kappa shape index (κ1) is 44.5. The van der Waals surface area contributed by atoms with Crippen LogP contribution in [-0.4, -0.2) is 42.9 Å². The standard InChI is InChI=1S/C39H80NO.HI/c1-4-6-8-10-12-14-16-18-20-22-24-26-28-30-32-34-36-40(3,38-39-41)37-35-33-31-29-27-25-23-21-19-17-15-13-11-9-7-5-2;/h18,20,41H,4-17,19,21-39H2,1-3H3;1H/q+1;/p-1/b20-18-;. The minimum atomic E-state index is 0. The van der Waals surface area contributed by atoms with E-state index in [0.717, 1.165) is 11.0 Å². The summed E-state index contributed by atoms with van der Waals surface area (Å²) in [7, 11) is 2.39. The fraction of sp³-hybridized carbons (Fsp3) is 0.949. The van der Waals surface area contributed by atoms with Gasteiger partial charge in [0.25, 0.3) is 0 Å². The lowest BCUT2D eigenvalue weighted by atomic mass is 10.0. The van der Waals surface area contributed by atoms with E-state index < -0.39 is 0 Å². The molecule has 3 heteroatoms. The molecule has 0 aliphatic carbocycles. The molecule has 1 unspecified atom stereocenters. The van der Waals surface area contributed by atoms with Crippen molar-refractivity contribution in [2.24, 2.45) is 0 Å². The van der Waals surface area contributed by atoms with E-state index in [2.05, 4.69) is 33.0 Å². The number of quaternary nitrogens is 1. The quantitative estimate of drug-likeness (QED) is 0.0302. The molecule has 1 N–H and O–H groups in total. The summed E-state index contributed by atoms with van der Waals surface area (Å²) in [6, 6.07) is 0. The summed E-state index contributed by atoms with van der Waals surface area (Å²) < 4.78 is 1.08. The van der Waals surface area contributed by atoms with Crippen molar-refractivity contribution in [2.75, 3.05) is 33.3 Å². The number of halogens is 1. The van der Waals surface area contributed by atoms with E-state index in [1.54, 1.807) is 0 Å². The number of unbranched alkanes of at least 4 members (excludes halogenated alkanes) is 27. The van der Waals surface area contributed by atoms with E-state index >= 15 is 0 Å². The van der Waals surface area contributed by atoms with Crippen LogP contribution in [0.15, 0.2) is 12.2 Å². The highest BCUT2D eigenvalue weighted by Crippen LogP contribution is 2.16. The third-order valence-electron chi connectivity index (χ3n) is 9.40. The number of hydrogen-bond acceptors (Lipinski definition) is 1. The van der Waals surface area contributed by atoms with Crippen molar-refractivity contribution in [3.8, 4) is 0 Å². The average molecular weight is 706 g/mol. The Labute approximate surface area is 284 Å². The Morgan fingerprint density at radius 3 is 0.929 bits per heavy atom. The molecule has 0 radical (unpaired) electrons. The van der Waals surface area contributed by atoms with Crippen molar-refractivity contribution in [1.82, 2.24) is 0 Å². The molecule has 1 atom stereocenters. The molecule has 42 heavy (non-hydrogen) atoms. The second-order valence-corrected chi connectivity index (χ2v) is 13.8. The summed E-state index contributed by atoms with van der Waals surface area (Å²) >= 11 is 0. The lowest BCUT2D eigenvalue weighted by Crippen LogP contribution is -3.00. The van der Waals surface area contributed by atoms with Gasteiger partial charge in [-0.05, 0) is 51.4 Å². The van der Waals surface area contributed by atoms with Crippen molar-refractivity contribution >= 4 is 0 Å². The number of hydrogen-bond donors (Lipinski definition) is 1. The predicted octanol–water partition coefficient (Wildman–Crippen LogP) is 9.73. The SMILES string of the molecule is CCCCCCCC/C=C\CCCCCCCC[N+](C)(CCO)CCCCCCCCCCCCCCCCCC.[I-]. The molecule has 0 saturated carbocycles. The van der Waals surface area contributed by atoms with Crippen molar-refractivity contribution < 1.29 is 33.6 Å². The maximum atomic E-state index is 9.65. The molecule has 0 aliphatic heterocycles. The Kier molecular flexibility index (Phi) is 39.8. The molecule has 0 heterocycles. The summed E-state index contributed by atoms with van der Waals surface area (Å²) in [6.45, 7) is 8.37. The molecule has 0 aliphatic rings. The van der Waals surface area contributed by atoms with Crippen LogP contribution >= 0.6 is 0 Å². The molecular formula is C39H80INO. The van der Waals surface area contributed by atoms with Gasteiger partial charge in [-0.25, -0.2) is 0 Å². The molecule has 2 nitrogen and oxygen atoms in total. The first-order chi connectivity index (χ1) is 20.2. The number of aliphatic hydroxyl groups excluding tert-OH is 1. The van der Waals surface area contributed by atoms with Crippen LogP contribution in [0.25, 0.3) is 0 Å². The average Bonchev–Trinajstić information content (AvgIpc) is 2.97. The Balaban J connectivity index is 0. The minimum absolute atomic E-state index is 0. The van der Waals surface area contributed by atoms with Crippen LogP contribution in [-0.2, 0) is 0 Å². The predicted molar refractivity (Wildman–Crippen MR) is 187 cm³/mol. The molecule has 0 bridgehead atoms. The maximum Gasteiger partial charge on any atom is 0.102 e. The van der Waals surface area contributed by atoms with Crippen LogP contribution in [0.1, 0.15) is 206 Å². The summed E-state index contributed by atoms with van der Waals surface area (Å²) in [5, 5.41) is 9.65. The summed E-state index contributed by atoms with van der Waals surface area (Å²) in [6.07, 6.45) is 47.0. The summed E-state index contributed by atoms with van der Waals surface area (Å²) in [5.41, 5.74) is 0. The number of nitrogens with zero attached hydrogens (tertiary/aromatic N) is 1. The zero-order valence-electron chi connectivity index (χ0n) is 29.5. The third-order valence-corrected chi connectivity index (χ3v) is 9.40. The van der Waals surface area contributed by atoms with Crippen LogP contribution in [0.4, 0.5) is 0 Å². The first-order valence-electron chi connectivity index (χ1n) is 19.3. The van der Waals surface area contributed by atoms with Gasteiger partial charge in [-0.3, -0.25) is 0 Å². The fourth-order valence-corrected chi connectivity index (χ4v) is 6.36. The maximum absolute atomic E-state index is 9.65. The number of aliphatic hydroxyl groups is 1. The van der Waals surface area contributed by atoms with Crippen molar-refractivity contribution in [1.29, 1.82) is 0 Å². The van der Waals surface area contributed by atoms with Gasteiger partial charge in [0.2, 0.25) is 0 Å². The molecule has 0 spiro atoms. The van der Waals surface area contributed by atoms with E-state index in [4.69, 9.17) is 0 Å². The number of allylic oxidation sites excluding steroid dienone is 2. The van der Waals surface area contributed by atoms with Gasteiger partial charge >= 0.3 is 0 Å². The second-order valence-electron chi connectivity index (χ2n) is 13.8. The molecule has 0 amide bonds. The normalized spacial score (nSPS) is 13.0. The van der Waals surface area contributed by atoms with Crippen LogP contribution in [0.2, 0.25) is 0 Å². The lowest BCUT2D eigenvalue weighted by molar-refractivity contribution is -0.910. The van der Waals surface area contributed by atoms with E-state index in [1.807, 2.05) is 0 Å². The van der Waals surface area contributed by atoms with Gasteiger partial charge in [0, 0.05) is 0 Å². The fourth-order valence-electron chi connectivity index (χ4n) is 6.36.